The van der Waals surface area contributed by atoms with Gasteiger partial charge in [0.15, 0.2) is 0 Å². The number of rotatable bonds is 5. The van der Waals surface area contributed by atoms with Crippen molar-refractivity contribution >= 4 is 5.57 Å². The van der Waals surface area contributed by atoms with Crippen LogP contribution < -0.4 is 5.32 Å². The van der Waals surface area contributed by atoms with E-state index in [-0.39, 0.29) is 0 Å². The fourth-order valence-corrected chi connectivity index (χ4v) is 2.75. The number of hydrogen-bond acceptors (Lipinski definition) is 2. The Balaban J connectivity index is 1.53. The van der Waals surface area contributed by atoms with Crippen LogP contribution >= 0.6 is 0 Å². The Morgan fingerprint density at radius 2 is 2.00 bits per heavy atom. The maximum atomic E-state index is 5.84. The summed E-state index contributed by atoms with van der Waals surface area (Å²) in [6.45, 7) is 5.94. The zero-order valence-corrected chi connectivity index (χ0v) is 10.8. The van der Waals surface area contributed by atoms with Gasteiger partial charge in [0.05, 0.1) is 6.10 Å². The van der Waals surface area contributed by atoms with Crippen LogP contribution in [-0.2, 0) is 4.74 Å². The lowest BCUT2D eigenvalue weighted by Crippen LogP contribution is -2.38. The van der Waals surface area contributed by atoms with Crippen LogP contribution in [0.3, 0.4) is 0 Å². The fourth-order valence-electron chi connectivity index (χ4n) is 2.75. The Morgan fingerprint density at radius 1 is 1.22 bits per heavy atom. The molecular weight excluding hydrogens is 222 g/mol. The molecule has 1 aromatic carbocycles. The van der Waals surface area contributed by atoms with E-state index >= 15 is 0 Å². The molecule has 0 spiro atoms. The molecule has 1 aromatic rings. The van der Waals surface area contributed by atoms with Crippen LogP contribution in [0.25, 0.3) is 5.57 Å². The summed E-state index contributed by atoms with van der Waals surface area (Å²) in [6, 6.07) is 10.9. The van der Waals surface area contributed by atoms with Gasteiger partial charge in [-0.1, -0.05) is 36.9 Å². The third-order valence-corrected chi connectivity index (χ3v) is 3.98. The predicted octanol–water partition coefficient (Wildman–Crippen LogP) is 2.86. The first-order valence-corrected chi connectivity index (χ1v) is 6.93. The van der Waals surface area contributed by atoms with Crippen molar-refractivity contribution in [2.24, 2.45) is 5.92 Å². The summed E-state index contributed by atoms with van der Waals surface area (Å²) in [6.07, 6.45) is 4.29. The molecule has 2 unspecified atom stereocenters. The van der Waals surface area contributed by atoms with Crippen molar-refractivity contribution in [3.05, 3.63) is 42.5 Å². The van der Waals surface area contributed by atoms with Gasteiger partial charge in [-0.3, -0.25) is 0 Å². The van der Waals surface area contributed by atoms with E-state index in [0.717, 1.165) is 31.1 Å². The van der Waals surface area contributed by atoms with Crippen molar-refractivity contribution in [2.45, 2.75) is 31.4 Å². The lowest BCUT2D eigenvalue weighted by atomic mass is 10.0. The lowest BCUT2D eigenvalue weighted by molar-refractivity contribution is 0.0819. The largest absolute Gasteiger partial charge is 0.376 e. The molecule has 18 heavy (non-hydrogen) atoms. The van der Waals surface area contributed by atoms with Crippen molar-refractivity contribution in [2.75, 3.05) is 13.2 Å². The van der Waals surface area contributed by atoms with Crippen LogP contribution in [0.4, 0.5) is 0 Å². The molecule has 2 aliphatic rings. The van der Waals surface area contributed by atoms with Crippen molar-refractivity contribution in [3.8, 4) is 0 Å². The molecule has 0 aromatic heterocycles. The molecule has 1 aliphatic carbocycles. The van der Waals surface area contributed by atoms with Gasteiger partial charge in [-0.25, -0.2) is 0 Å². The quantitative estimate of drug-likeness (QED) is 0.858. The van der Waals surface area contributed by atoms with E-state index in [9.17, 15) is 0 Å². The summed E-state index contributed by atoms with van der Waals surface area (Å²) < 4.78 is 5.84. The Hall–Kier alpha value is -1.12. The van der Waals surface area contributed by atoms with Gasteiger partial charge in [0.2, 0.25) is 0 Å². The van der Waals surface area contributed by atoms with Gasteiger partial charge in [0, 0.05) is 19.2 Å². The monoisotopic (exact) mass is 243 g/mol. The van der Waals surface area contributed by atoms with Crippen LogP contribution in [0.2, 0.25) is 0 Å². The normalized spacial score (nSPS) is 27.3. The summed E-state index contributed by atoms with van der Waals surface area (Å²) >= 11 is 0. The Bertz CT molecular complexity index is 410. The molecule has 3 rings (SSSR count). The van der Waals surface area contributed by atoms with Gasteiger partial charge < -0.3 is 10.1 Å². The summed E-state index contributed by atoms with van der Waals surface area (Å²) in [5, 5.41) is 3.63. The second-order valence-electron chi connectivity index (χ2n) is 5.42. The van der Waals surface area contributed by atoms with Gasteiger partial charge >= 0.3 is 0 Å². The highest BCUT2D eigenvalue weighted by atomic mass is 16.5. The van der Waals surface area contributed by atoms with E-state index in [1.54, 1.807) is 0 Å². The van der Waals surface area contributed by atoms with E-state index in [2.05, 4.69) is 36.2 Å². The van der Waals surface area contributed by atoms with Crippen LogP contribution in [0.5, 0.6) is 0 Å². The average molecular weight is 243 g/mol. The van der Waals surface area contributed by atoms with E-state index in [0.29, 0.717) is 12.1 Å². The molecule has 1 saturated carbocycles. The Labute approximate surface area is 109 Å². The van der Waals surface area contributed by atoms with Gasteiger partial charge in [0.25, 0.3) is 0 Å². The molecule has 2 fully saturated rings. The standard InChI is InChI=1S/C16H21NO/c1-12(13-5-3-2-4-6-13)11-17-15-9-10-18-16(15)14-7-8-14/h2-6,14-17H,1,7-11H2. The smallest absolute Gasteiger partial charge is 0.0757 e. The Kier molecular flexibility index (Phi) is 3.48. The highest BCUT2D eigenvalue weighted by molar-refractivity contribution is 5.64. The molecule has 1 aliphatic heterocycles. The lowest BCUT2D eigenvalue weighted by Gasteiger charge is -2.20. The van der Waals surface area contributed by atoms with Crippen LogP contribution in [0.1, 0.15) is 24.8 Å². The van der Waals surface area contributed by atoms with Crippen LogP contribution in [0, 0.1) is 5.92 Å². The number of hydrogen-bond donors (Lipinski definition) is 1. The first-order chi connectivity index (χ1) is 8.84. The molecule has 1 heterocycles. The number of nitrogens with one attached hydrogen (secondary N) is 1. The van der Waals surface area contributed by atoms with E-state index in [4.69, 9.17) is 4.74 Å². The summed E-state index contributed by atoms with van der Waals surface area (Å²) in [5.74, 6) is 0.815. The third-order valence-electron chi connectivity index (χ3n) is 3.98. The highest BCUT2D eigenvalue weighted by Crippen LogP contribution is 2.38. The van der Waals surface area contributed by atoms with Gasteiger partial charge in [-0.05, 0) is 36.3 Å². The van der Waals surface area contributed by atoms with Crippen molar-refractivity contribution in [3.63, 3.8) is 0 Å². The third kappa shape index (κ3) is 2.65. The Morgan fingerprint density at radius 3 is 2.72 bits per heavy atom. The molecule has 1 saturated heterocycles. The summed E-state index contributed by atoms with van der Waals surface area (Å²) in [4.78, 5) is 0. The van der Waals surface area contributed by atoms with Crippen molar-refractivity contribution in [1.29, 1.82) is 0 Å². The molecular formula is C16H21NO. The minimum absolute atomic E-state index is 0.452. The molecule has 2 nitrogen and oxygen atoms in total. The predicted molar refractivity (Wildman–Crippen MR) is 74.3 cm³/mol. The first kappa shape index (κ1) is 11.9. The van der Waals surface area contributed by atoms with Crippen molar-refractivity contribution < 1.29 is 4.74 Å². The van der Waals surface area contributed by atoms with Gasteiger partial charge in [-0.2, -0.15) is 0 Å². The average Bonchev–Trinajstić information content (AvgIpc) is 3.16. The van der Waals surface area contributed by atoms with Gasteiger partial charge in [-0.15, -0.1) is 0 Å². The number of ether oxygens (including phenoxy) is 1. The zero-order chi connectivity index (χ0) is 12.4. The van der Waals surface area contributed by atoms with E-state index in [1.165, 1.54) is 18.4 Å². The minimum atomic E-state index is 0.452. The van der Waals surface area contributed by atoms with E-state index in [1.807, 2.05) is 6.07 Å². The fraction of sp³-hybridized carbons (Fsp3) is 0.500. The molecule has 96 valence electrons. The number of benzene rings is 1. The second-order valence-corrected chi connectivity index (χ2v) is 5.42. The van der Waals surface area contributed by atoms with Crippen molar-refractivity contribution in [1.82, 2.24) is 5.32 Å². The van der Waals surface area contributed by atoms with Gasteiger partial charge in [0.1, 0.15) is 0 Å². The summed E-state index contributed by atoms with van der Waals surface area (Å²) in [7, 11) is 0. The maximum Gasteiger partial charge on any atom is 0.0757 e. The van der Waals surface area contributed by atoms with Crippen LogP contribution in [-0.4, -0.2) is 25.3 Å². The molecule has 1 N–H and O–H groups in total. The molecule has 0 radical (unpaired) electrons. The molecule has 0 amide bonds. The maximum absolute atomic E-state index is 5.84. The molecule has 2 atom stereocenters. The summed E-state index contributed by atoms with van der Waals surface area (Å²) in [5.41, 5.74) is 2.39. The topological polar surface area (TPSA) is 21.3 Å². The molecule has 2 heteroatoms. The highest BCUT2D eigenvalue weighted by Gasteiger charge is 2.40. The zero-order valence-electron chi connectivity index (χ0n) is 10.8. The van der Waals surface area contributed by atoms with Crippen LogP contribution in [0.15, 0.2) is 36.9 Å². The first-order valence-electron chi connectivity index (χ1n) is 6.93. The van der Waals surface area contributed by atoms with E-state index < -0.39 is 0 Å². The minimum Gasteiger partial charge on any atom is -0.376 e. The molecule has 0 bridgehead atoms. The SMILES string of the molecule is C=C(CNC1CCOC1C1CC1)c1ccccc1. The second kappa shape index (κ2) is 5.25.